The van der Waals surface area contributed by atoms with Crippen LogP contribution in [-0.2, 0) is 14.3 Å². The Morgan fingerprint density at radius 3 is 2.24 bits per heavy atom. The molecule has 0 radical (unpaired) electrons. The van der Waals surface area contributed by atoms with E-state index in [1.54, 1.807) is 21.2 Å². The zero-order valence-electron chi connectivity index (χ0n) is 15.9. The first-order valence-corrected chi connectivity index (χ1v) is 8.96. The monoisotopic (exact) mass is 470 g/mol. The minimum Gasteiger partial charge on any atom is -0.383 e. The Labute approximate surface area is 169 Å². The number of hydrogen-bond acceptors (Lipinski definition) is 4. The lowest BCUT2D eigenvalue weighted by atomic mass is 10.1. The molecule has 2 N–H and O–H groups in total. The summed E-state index contributed by atoms with van der Waals surface area (Å²) in [6, 6.07) is 0. The first-order valence-electron chi connectivity index (χ1n) is 8.96. The summed E-state index contributed by atoms with van der Waals surface area (Å²) in [6.45, 7) is 2.67. The minimum atomic E-state index is -0.0300. The van der Waals surface area contributed by atoms with Gasteiger partial charge in [0.25, 0.3) is 0 Å². The summed E-state index contributed by atoms with van der Waals surface area (Å²) in [7, 11) is 5.11. The van der Waals surface area contributed by atoms with Crippen molar-refractivity contribution >= 4 is 35.8 Å². The number of nitrogens with zero attached hydrogens (tertiary/aromatic N) is 2. The number of halogens is 1. The highest BCUT2D eigenvalue weighted by atomic mass is 127. The first kappa shape index (κ1) is 24.4. The van der Waals surface area contributed by atoms with Crippen molar-refractivity contribution in [1.29, 1.82) is 0 Å². The highest BCUT2D eigenvalue weighted by molar-refractivity contribution is 14.0. The second kappa shape index (κ2) is 15.6. The third kappa shape index (κ3) is 12.4. The Morgan fingerprint density at radius 2 is 1.68 bits per heavy atom. The summed E-state index contributed by atoms with van der Waals surface area (Å²) in [5, 5.41) is 6.37. The molecular weight excluding hydrogens is 435 g/mol. The molecular formula is C17H35IN4O3. The summed E-state index contributed by atoms with van der Waals surface area (Å²) in [5.41, 5.74) is 0. The number of hydrogen-bond donors (Lipinski definition) is 2. The van der Waals surface area contributed by atoms with Crippen LogP contribution in [0.4, 0.5) is 0 Å². The molecule has 25 heavy (non-hydrogen) atoms. The van der Waals surface area contributed by atoms with E-state index in [0.29, 0.717) is 38.4 Å². The molecule has 0 bridgehead atoms. The van der Waals surface area contributed by atoms with Gasteiger partial charge in [-0.15, -0.1) is 24.0 Å². The topological polar surface area (TPSA) is 75.2 Å². The van der Waals surface area contributed by atoms with Crippen LogP contribution in [0.3, 0.4) is 0 Å². The molecule has 0 aliphatic heterocycles. The van der Waals surface area contributed by atoms with E-state index in [0.717, 1.165) is 0 Å². The number of methoxy groups -OCH3 is 1. The average molecular weight is 470 g/mol. The number of aliphatic imine (C=N–C) groups is 1. The lowest BCUT2D eigenvalue weighted by Crippen LogP contribution is -2.41. The van der Waals surface area contributed by atoms with Gasteiger partial charge >= 0.3 is 0 Å². The molecule has 0 atom stereocenters. The van der Waals surface area contributed by atoms with Gasteiger partial charge in [0.05, 0.1) is 19.3 Å². The van der Waals surface area contributed by atoms with Crippen molar-refractivity contribution in [2.45, 2.75) is 44.6 Å². The van der Waals surface area contributed by atoms with Crippen LogP contribution in [0.2, 0.25) is 0 Å². The van der Waals surface area contributed by atoms with Crippen LogP contribution in [0.25, 0.3) is 0 Å². The van der Waals surface area contributed by atoms with E-state index in [1.807, 2.05) is 0 Å². The van der Waals surface area contributed by atoms with E-state index >= 15 is 0 Å². The highest BCUT2D eigenvalue weighted by Crippen LogP contribution is 2.19. The number of likely N-dealkylation sites (N-methyl/N-ethyl adjacent to an activating group) is 1. The fraction of sp³-hybridized carbons (Fsp3) is 0.882. The Bertz CT molecular complexity index is 373. The van der Waals surface area contributed by atoms with E-state index in [-0.39, 0.29) is 36.4 Å². The summed E-state index contributed by atoms with van der Waals surface area (Å²) >= 11 is 0. The molecule has 0 aromatic rings. The summed E-state index contributed by atoms with van der Waals surface area (Å²) < 4.78 is 11.0. The lowest BCUT2D eigenvalue weighted by molar-refractivity contribution is -0.127. The quantitative estimate of drug-likeness (QED) is 0.176. The number of ether oxygens (including phenoxy) is 2. The molecule has 0 unspecified atom stereocenters. The van der Waals surface area contributed by atoms with Gasteiger partial charge in [-0.3, -0.25) is 4.79 Å². The summed E-state index contributed by atoms with van der Waals surface area (Å²) in [4.78, 5) is 17.5. The average Bonchev–Trinajstić information content (AvgIpc) is 2.84. The van der Waals surface area contributed by atoms with Crippen molar-refractivity contribution < 1.29 is 14.3 Å². The maximum absolute atomic E-state index is 11.7. The molecule has 0 heterocycles. The molecule has 0 aromatic carbocycles. The zero-order chi connectivity index (χ0) is 17.6. The molecule has 1 rings (SSSR count). The molecule has 1 aliphatic carbocycles. The van der Waals surface area contributed by atoms with E-state index in [1.165, 1.54) is 43.4 Å². The van der Waals surface area contributed by atoms with Gasteiger partial charge in [0, 0.05) is 34.3 Å². The number of rotatable bonds is 9. The molecule has 1 amide bonds. The molecule has 1 saturated carbocycles. The van der Waals surface area contributed by atoms with Crippen LogP contribution in [-0.4, -0.2) is 76.9 Å². The third-order valence-corrected chi connectivity index (χ3v) is 4.02. The van der Waals surface area contributed by atoms with E-state index in [9.17, 15) is 4.79 Å². The SMILES string of the molecule is COCCNC(=NCC(=O)N(C)C)NCCOC1CCCCCC1.I. The van der Waals surface area contributed by atoms with Gasteiger partial charge in [-0.05, 0) is 12.8 Å². The highest BCUT2D eigenvalue weighted by Gasteiger charge is 2.12. The van der Waals surface area contributed by atoms with Gasteiger partial charge in [0.1, 0.15) is 6.54 Å². The van der Waals surface area contributed by atoms with Gasteiger partial charge in [-0.2, -0.15) is 0 Å². The van der Waals surface area contributed by atoms with Crippen LogP contribution in [0.1, 0.15) is 38.5 Å². The van der Waals surface area contributed by atoms with Gasteiger partial charge in [0.15, 0.2) is 5.96 Å². The Hall–Kier alpha value is -0.610. The van der Waals surface area contributed by atoms with Crippen molar-refractivity contribution in [2.24, 2.45) is 4.99 Å². The van der Waals surface area contributed by atoms with Gasteiger partial charge in [0.2, 0.25) is 5.91 Å². The molecule has 8 heteroatoms. The number of nitrogens with one attached hydrogen (secondary N) is 2. The van der Waals surface area contributed by atoms with Crippen molar-refractivity contribution in [2.75, 3.05) is 54.1 Å². The fourth-order valence-electron chi connectivity index (χ4n) is 2.54. The van der Waals surface area contributed by atoms with Gasteiger partial charge in [-0.25, -0.2) is 4.99 Å². The second-order valence-corrected chi connectivity index (χ2v) is 6.28. The summed E-state index contributed by atoms with van der Waals surface area (Å²) in [6.07, 6.45) is 7.95. The standard InChI is InChI=1S/C17H34N4O3.HI/c1-21(2)16(22)14-20-17(18-10-12-23-3)19-11-13-24-15-8-6-4-5-7-9-15;/h15H,4-14H2,1-3H3,(H2,18,19,20);1H. The third-order valence-electron chi connectivity index (χ3n) is 4.02. The van der Waals surface area contributed by atoms with E-state index < -0.39 is 0 Å². The Balaban J connectivity index is 0.00000576. The molecule has 1 aliphatic rings. The molecule has 0 aromatic heterocycles. The second-order valence-electron chi connectivity index (χ2n) is 6.28. The van der Waals surface area contributed by atoms with Gasteiger partial charge in [-0.1, -0.05) is 25.7 Å². The first-order chi connectivity index (χ1) is 11.6. The minimum absolute atomic E-state index is 0. The Morgan fingerprint density at radius 1 is 1.08 bits per heavy atom. The van der Waals surface area contributed by atoms with Crippen LogP contribution < -0.4 is 10.6 Å². The van der Waals surface area contributed by atoms with Crippen LogP contribution >= 0.6 is 24.0 Å². The van der Waals surface area contributed by atoms with Crippen molar-refractivity contribution in [3.8, 4) is 0 Å². The maximum Gasteiger partial charge on any atom is 0.243 e. The molecule has 0 saturated heterocycles. The maximum atomic E-state index is 11.7. The molecule has 0 spiro atoms. The van der Waals surface area contributed by atoms with Crippen molar-refractivity contribution in [1.82, 2.24) is 15.5 Å². The lowest BCUT2D eigenvalue weighted by Gasteiger charge is -2.17. The van der Waals surface area contributed by atoms with E-state index in [2.05, 4.69) is 15.6 Å². The smallest absolute Gasteiger partial charge is 0.243 e. The number of guanidine groups is 1. The predicted octanol–water partition coefficient (Wildman–Crippen LogP) is 1.61. The predicted molar refractivity (Wildman–Crippen MR) is 112 cm³/mol. The van der Waals surface area contributed by atoms with Gasteiger partial charge < -0.3 is 25.0 Å². The Kier molecular flexibility index (Phi) is 15.2. The fourth-order valence-corrected chi connectivity index (χ4v) is 2.54. The number of carbonyl (C=O) groups is 1. The number of amides is 1. The normalized spacial score (nSPS) is 15.9. The molecule has 1 fully saturated rings. The molecule has 148 valence electrons. The van der Waals surface area contributed by atoms with E-state index in [4.69, 9.17) is 9.47 Å². The van der Waals surface area contributed by atoms with Crippen molar-refractivity contribution in [3.63, 3.8) is 0 Å². The molecule has 7 nitrogen and oxygen atoms in total. The zero-order valence-corrected chi connectivity index (χ0v) is 18.2. The van der Waals surface area contributed by atoms with Crippen LogP contribution in [0.15, 0.2) is 4.99 Å². The largest absolute Gasteiger partial charge is 0.383 e. The van der Waals surface area contributed by atoms with Crippen molar-refractivity contribution in [3.05, 3.63) is 0 Å². The number of carbonyl (C=O) groups excluding carboxylic acids is 1. The summed E-state index contributed by atoms with van der Waals surface area (Å²) in [5.74, 6) is 0.587. The van der Waals surface area contributed by atoms with Crippen LogP contribution in [0, 0.1) is 0 Å². The van der Waals surface area contributed by atoms with Crippen LogP contribution in [0.5, 0.6) is 0 Å².